The molecule has 0 saturated heterocycles. The van der Waals surface area contributed by atoms with Crippen molar-refractivity contribution in [2.45, 2.75) is 37.7 Å². The normalized spacial score (nSPS) is 22.2. The lowest BCUT2D eigenvalue weighted by Gasteiger charge is -2.10. The molecule has 0 bridgehead atoms. The van der Waals surface area contributed by atoms with Gasteiger partial charge in [-0.15, -0.1) is 12.8 Å². The molecule has 0 unspecified atom stereocenters. The van der Waals surface area contributed by atoms with Crippen LogP contribution in [0.5, 0.6) is 0 Å². The molecule has 4 N–H and O–H groups in total. The molecule has 2 aliphatic carbocycles. The zero-order chi connectivity index (χ0) is 29.0. The largest absolute Gasteiger partial charge is 0.299 e. The molecule has 0 radical (unpaired) electrons. The van der Waals surface area contributed by atoms with E-state index in [1.54, 1.807) is 0 Å². The van der Waals surface area contributed by atoms with Crippen molar-refractivity contribution in [3.05, 3.63) is 70.8 Å². The predicted octanol–water partition coefficient (Wildman–Crippen LogP) is 2.80. The van der Waals surface area contributed by atoms with Crippen LogP contribution in [0.2, 0.25) is 0 Å². The molecular weight excluding hydrogens is 500 g/mol. The molecule has 10 heteroatoms. The molecule has 196 valence electrons. The summed E-state index contributed by atoms with van der Waals surface area (Å²) in [5.41, 5.74) is 4.70. The third-order valence-corrected chi connectivity index (χ3v) is 4.78. The zero-order valence-electron chi connectivity index (χ0n) is 22.4. The number of hydrogen-bond acceptors (Lipinski definition) is 6. The van der Waals surface area contributed by atoms with E-state index < -0.39 is 32.3 Å². The van der Waals surface area contributed by atoms with E-state index in [1.165, 1.54) is 11.1 Å². The number of benzene rings is 2. The maximum absolute atomic E-state index is 9.19. The minimum Gasteiger partial charge on any atom is -0.299 e. The van der Waals surface area contributed by atoms with Crippen LogP contribution in [-0.4, -0.2) is 51.5 Å². The maximum Gasteiger partial charge on any atom is 0.261 e. The van der Waals surface area contributed by atoms with E-state index in [1.807, 2.05) is 36.4 Å². The van der Waals surface area contributed by atoms with Gasteiger partial charge in [-0.2, -0.15) is 16.8 Å². The average Bonchev–Trinajstić information content (AvgIpc) is 3.33. The fourth-order valence-corrected chi connectivity index (χ4v) is 3.54. The van der Waals surface area contributed by atoms with Crippen LogP contribution in [0, 0.1) is 24.7 Å². The molecule has 2 aliphatic rings. The highest BCUT2D eigenvalue weighted by Crippen LogP contribution is 2.31. The molecular formula is C26H34N2O6S2. The van der Waals surface area contributed by atoms with Crippen molar-refractivity contribution in [3.63, 3.8) is 0 Å². The summed E-state index contributed by atoms with van der Waals surface area (Å²) in [6, 6.07) is 14.9. The van der Waals surface area contributed by atoms with Gasteiger partial charge in [-0.05, 0) is 47.9 Å². The van der Waals surface area contributed by atoms with Crippen LogP contribution >= 0.6 is 0 Å². The van der Waals surface area contributed by atoms with Crippen molar-refractivity contribution in [1.29, 1.82) is 0 Å². The van der Waals surface area contributed by atoms with Gasteiger partial charge in [0.15, 0.2) is 0 Å². The minimum atomic E-state index is -3.67. The summed E-state index contributed by atoms with van der Waals surface area (Å²) in [4.78, 5) is 0. The first-order valence-electron chi connectivity index (χ1n) is 11.9. The number of fused-ring (bicyclic) bond motifs is 2. The lowest BCUT2D eigenvalue weighted by molar-refractivity contribution is 0.488. The monoisotopic (exact) mass is 536 g/mol. The van der Waals surface area contributed by atoms with E-state index in [0.717, 1.165) is 36.8 Å². The predicted molar refractivity (Wildman–Crippen MR) is 144 cm³/mol. The van der Waals surface area contributed by atoms with Gasteiger partial charge >= 0.3 is 0 Å². The first-order chi connectivity index (χ1) is 17.5. The van der Waals surface area contributed by atoms with Crippen molar-refractivity contribution in [1.82, 2.24) is 10.6 Å². The first-order valence-corrected chi connectivity index (χ1v) is 14.6. The third-order valence-electron chi connectivity index (χ3n) is 4.78. The Morgan fingerprint density at radius 2 is 1.11 bits per heavy atom. The number of nitrogens with one attached hydrogen (secondary N) is 2. The van der Waals surface area contributed by atoms with Crippen LogP contribution in [0.15, 0.2) is 48.5 Å². The molecule has 0 spiro atoms. The topological polar surface area (TPSA) is 133 Å². The molecule has 0 heterocycles. The summed E-state index contributed by atoms with van der Waals surface area (Å²) in [5, 5.41) is 6.19. The van der Waals surface area contributed by atoms with E-state index in [0.29, 0.717) is 25.6 Å². The zero-order valence-corrected chi connectivity index (χ0v) is 22.0. The standard InChI is InChI=1S/2C12H13N.2CH4O3S/c2*1-2-9-13-12-8-7-10-5-3-4-6-11(10)12;2*1-5(2,3)4/h2*1,3-6,12-13H,7-9H2;2*1H3,(H,2,3,4)/t2*12-;;/m11../s1/i2*12D;;. The summed E-state index contributed by atoms with van der Waals surface area (Å²) in [5.74, 6) is 5.04. The Bertz CT molecular complexity index is 1250. The molecule has 8 nitrogen and oxygen atoms in total. The second-order valence-corrected chi connectivity index (χ2v) is 10.8. The van der Waals surface area contributed by atoms with Gasteiger partial charge in [-0.3, -0.25) is 19.7 Å². The first kappa shape index (κ1) is 27.9. The Morgan fingerprint density at radius 1 is 0.806 bits per heavy atom. The number of rotatable bonds is 4. The molecule has 0 fully saturated rings. The Balaban J connectivity index is 0.000000284. The Morgan fingerprint density at radius 3 is 1.42 bits per heavy atom. The van der Waals surface area contributed by atoms with E-state index in [-0.39, 0.29) is 0 Å². The molecule has 2 aromatic carbocycles. The van der Waals surface area contributed by atoms with Gasteiger partial charge in [0.1, 0.15) is 0 Å². The summed E-state index contributed by atoms with van der Waals surface area (Å²) in [6.45, 7) is 0.912. The lowest BCUT2D eigenvalue weighted by atomic mass is 10.1. The van der Waals surface area contributed by atoms with Crippen molar-refractivity contribution in [2.24, 2.45) is 0 Å². The molecule has 2 atom stereocenters. The van der Waals surface area contributed by atoms with Gasteiger partial charge in [0.25, 0.3) is 20.2 Å². The van der Waals surface area contributed by atoms with E-state index in [2.05, 4.69) is 34.6 Å². The minimum absolute atomic E-state index is 0.456. The number of terminal acetylenes is 2. The van der Waals surface area contributed by atoms with Crippen LogP contribution in [0.4, 0.5) is 0 Å². The highest BCUT2D eigenvalue weighted by molar-refractivity contribution is 7.85. The van der Waals surface area contributed by atoms with E-state index >= 15 is 0 Å². The number of aryl methyl sites for hydroxylation is 2. The summed E-state index contributed by atoms with van der Waals surface area (Å²) in [6.07, 6.45) is 15.4. The van der Waals surface area contributed by atoms with Crippen molar-refractivity contribution >= 4 is 20.2 Å². The molecule has 0 saturated carbocycles. The molecule has 0 amide bonds. The van der Waals surface area contributed by atoms with Gasteiger partial charge in [-0.1, -0.05) is 60.4 Å². The summed E-state index contributed by atoms with van der Waals surface area (Å²) >= 11 is 0. The van der Waals surface area contributed by atoms with Crippen LogP contribution < -0.4 is 10.6 Å². The molecule has 0 aliphatic heterocycles. The Kier molecular flexibility index (Phi) is 11.9. The fraction of sp³-hybridized carbons (Fsp3) is 0.385. The van der Waals surface area contributed by atoms with Crippen molar-refractivity contribution in [3.8, 4) is 24.7 Å². The van der Waals surface area contributed by atoms with E-state index in [4.69, 9.17) is 24.7 Å². The molecule has 0 aromatic heterocycles. The van der Waals surface area contributed by atoms with Gasteiger partial charge in [0.2, 0.25) is 0 Å². The van der Waals surface area contributed by atoms with Crippen LogP contribution in [0.1, 0.15) is 49.9 Å². The number of hydrogen-bond donors (Lipinski definition) is 4. The van der Waals surface area contributed by atoms with E-state index in [9.17, 15) is 16.8 Å². The van der Waals surface area contributed by atoms with Gasteiger partial charge in [-0.25, -0.2) is 0 Å². The van der Waals surface area contributed by atoms with Gasteiger partial charge in [0.05, 0.1) is 28.3 Å². The van der Waals surface area contributed by atoms with Gasteiger partial charge < -0.3 is 0 Å². The molecule has 2 aromatic rings. The SMILES string of the molecule is CS(=O)(=O)O.CS(=O)(=O)O.[2H][C@@]1(NCC#C)CCc2ccccc21.[2H][C@@]1(NCC#C)CCc2ccccc21. The van der Waals surface area contributed by atoms with Crippen LogP contribution in [0.25, 0.3) is 0 Å². The highest BCUT2D eigenvalue weighted by atomic mass is 32.2. The summed E-state index contributed by atoms with van der Waals surface area (Å²) in [7, 11) is -7.33. The third kappa shape index (κ3) is 14.0. The average molecular weight is 537 g/mol. The summed E-state index contributed by atoms with van der Waals surface area (Å²) < 4.78 is 68.3. The second-order valence-electron chi connectivity index (χ2n) is 7.85. The second kappa shape index (κ2) is 15.4. The Hall–Kier alpha value is -2.70. The molecule has 4 rings (SSSR count). The molecule has 36 heavy (non-hydrogen) atoms. The van der Waals surface area contributed by atoms with Crippen molar-refractivity contribution < 1.29 is 28.7 Å². The lowest BCUT2D eigenvalue weighted by Crippen LogP contribution is -2.19. The van der Waals surface area contributed by atoms with Crippen LogP contribution in [0.3, 0.4) is 0 Å². The van der Waals surface area contributed by atoms with Crippen molar-refractivity contribution in [2.75, 3.05) is 25.6 Å². The van der Waals surface area contributed by atoms with Gasteiger partial charge in [0, 0.05) is 12.0 Å². The van der Waals surface area contributed by atoms with Crippen LogP contribution in [-0.2, 0) is 33.1 Å². The smallest absolute Gasteiger partial charge is 0.261 e. The quantitative estimate of drug-likeness (QED) is 0.346. The highest BCUT2D eigenvalue weighted by Gasteiger charge is 2.21. The fourth-order valence-electron chi connectivity index (χ4n) is 3.54. The Labute approximate surface area is 218 Å². The maximum atomic E-state index is 9.19.